The van der Waals surface area contributed by atoms with Crippen LogP contribution in [-0.2, 0) is 6.54 Å². The zero-order valence-electron chi connectivity index (χ0n) is 11.4. The summed E-state index contributed by atoms with van der Waals surface area (Å²) in [5.41, 5.74) is 1.70. The molecule has 0 aromatic carbocycles. The monoisotopic (exact) mass is 279 g/mol. The largest absolute Gasteiger partial charge is 0.311 e. The van der Waals surface area contributed by atoms with Gasteiger partial charge in [0.1, 0.15) is 0 Å². The molecule has 102 valence electrons. The minimum Gasteiger partial charge on any atom is -0.311 e. The summed E-state index contributed by atoms with van der Waals surface area (Å²) in [6.07, 6.45) is 5.19. The molecule has 0 amide bonds. The number of aromatic nitrogens is 4. The molecule has 0 radical (unpaired) electrons. The van der Waals surface area contributed by atoms with E-state index in [2.05, 4.69) is 34.2 Å². The fourth-order valence-corrected chi connectivity index (χ4v) is 1.73. The van der Waals surface area contributed by atoms with Gasteiger partial charge < -0.3 is 5.32 Å². The van der Waals surface area contributed by atoms with Crippen LogP contribution in [0, 0.1) is 12.8 Å². The first kappa shape index (κ1) is 14.0. The van der Waals surface area contributed by atoms with Gasteiger partial charge in [0.25, 0.3) is 0 Å². The topological polar surface area (TPSA) is 55.6 Å². The highest BCUT2D eigenvalue weighted by Gasteiger charge is 2.05. The second-order valence-electron chi connectivity index (χ2n) is 4.90. The van der Waals surface area contributed by atoms with E-state index < -0.39 is 0 Å². The van der Waals surface area contributed by atoms with Gasteiger partial charge in [-0.05, 0) is 19.4 Å². The Hall–Kier alpha value is -1.46. The molecule has 0 atom stereocenters. The van der Waals surface area contributed by atoms with Crippen molar-refractivity contribution in [1.29, 1.82) is 0 Å². The molecule has 0 aliphatic carbocycles. The van der Waals surface area contributed by atoms with Gasteiger partial charge in [-0.25, -0.2) is 9.67 Å². The van der Waals surface area contributed by atoms with Crippen molar-refractivity contribution >= 4 is 11.6 Å². The highest BCUT2D eigenvalue weighted by Crippen LogP contribution is 2.14. The van der Waals surface area contributed by atoms with Crippen LogP contribution in [0.1, 0.15) is 25.2 Å². The number of rotatable bonds is 5. The molecular weight excluding hydrogens is 262 g/mol. The van der Waals surface area contributed by atoms with Crippen LogP contribution in [-0.4, -0.2) is 26.3 Å². The van der Waals surface area contributed by atoms with Gasteiger partial charge in [-0.1, -0.05) is 25.4 Å². The molecule has 1 N–H and O–H groups in total. The smallest absolute Gasteiger partial charge is 0.171 e. The summed E-state index contributed by atoms with van der Waals surface area (Å²) in [6.45, 7) is 7.90. The van der Waals surface area contributed by atoms with E-state index in [4.69, 9.17) is 11.6 Å². The van der Waals surface area contributed by atoms with E-state index in [0.717, 1.165) is 24.5 Å². The summed E-state index contributed by atoms with van der Waals surface area (Å²) in [4.78, 5) is 8.70. The van der Waals surface area contributed by atoms with Crippen molar-refractivity contribution in [3.05, 3.63) is 35.0 Å². The molecule has 2 aromatic rings. The summed E-state index contributed by atoms with van der Waals surface area (Å²) >= 11 is 5.97. The molecule has 0 saturated carbocycles. The van der Waals surface area contributed by atoms with Crippen LogP contribution in [0.4, 0.5) is 0 Å². The predicted molar refractivity (Wildman–Crippen MR) is 75.4 cm³/mol. The third kappa shape index (κ3) is 3.75. The molecule has 2 rings (SSSR count). The first-order valence-electron chi connectivity index (χ1n) is 6.30. The maximum Gasteiger partial charge on any atom is 0.171 e. The van der Waals surface area contributed by atoms with Gasteiger partial charge in [0.15, 0.2) is 5.82 Å². The van der Waals surface area contributed by atoms with Crippen LogP contribution >= 0.6 is 11.6 Å². The van der Waals surface area contributed by atoms with Gasteiger partial charge in [-0.3, -0.25) is 4.98 Å². The van der Waals surface area contributed by atoms with E-state index in [9.17, 15) is 0 Å². The zero-order chi connectivity index (χ0) is 13.8. The minimum absolute atomic E-state index is 0.626. The van der Waals surface area contributed by atoms with Crippen LogP contribution in [0.2, 0.25) is 5.02 Å². The van der Waals surface area contributed by atoms with Crippen molar-refractivity contribution in [2.24, 2.45) is 5.92 Å². The van der Waals surface area contributed by atoms with Crippen LogP contribution in [0.3, 0.4) is 0 Å². The molecule has 0 aliphatic rings. The molecule has 6 heteroatoms. The second kappa shape index (κ2) is 6.12. The number of aryl methyl sites for hydroxylation is 1. The predicted octanol–water partition coefficient (Wildman–Crippen LogP) is 2.37. The van der Waals surface area contributed by atoms with Crippen LogP contribution in [0.25, 0.3) is 5.82 Å². The van der Waals surface area contributed by atoms with Gasteiger partial charge in [0.05, 0.1) is 35.0 Å². The van der Waals surface area contributed by atoms with Gasteiger partial charge in [-0.2, -0.15) is 5.10 Å². The molecule has 5 nitrogen and oxygen atoms in total. The van der Waals surface area contributed by atoms with E-state index in [1.165, 1.54) is 0 Å². The standard InChI is InChI=1S/C13H18ClN5/c1-9(2)4-15-5-11-6-17-13(7-16-11)19-8-12(14)10(3)18-19/h6-9,15H,4-5H2,1-3H3. The molecule has 0 aliphatic heterocycles. The number of nitrogens with zero attached hydrogens (tertiary/aromatic N) is 4. The van der Waals surface area contributed by atoms with Gasteiger partial charge in [-0.15, -0.1) is 0 Å². The van der Waals surface area contributed by atoms with Crippen LogP contribution in [0.5, 0.6) is 0 Å². The van der Waals surface area contributed by atoms with Gasteiger partial charge >= 0.3 is 0 Å². The Labute approximate surface area is 118 Å². The van der Waals surface area contributed by atoms with E-state index in [1.54, 1.807) is 23.3 Å². The summed E-state index contributed by atoms with van der Waals surface area (Å²) < 4.78 is 1.63. The molecule has 2 heterocycles. The highest BCUT2D eigenvalue weighted by atomic mass is 35.5. The first-order chi connectivity index (χ1) is 9.06. The zero-order valence-corrected chi connectivity index (χ0v) is 12.1. The Morgan fingerprint density at radius 1 is 1.32 bits per heavy atom. The third-order valence-corrected chi connectivity index (χ3v) is 3.00. The first-order valence-corrected chi connectivity index (χ1v) is 6.68. The van der Waals surface area contributed by atoms with Crippen molar-refractivity contribution in [2.75, 3.05) is 6.54 Å². The van der Waals surface area contributed by atoms with Crippen molar-refractivity contribution in [3.63, 3.8) is 0 Å². The molecule has 0 spiro atoms. The average Bonchev–Trinajstić information content (AvgIpc) is 2.70. The highest BCUT2D eigenvalue weighted by molar-refractivity contribution is 6.31. The van der Waals surface area contributed by atoms with Crippen LogP contribution < -0.4 is 5.32 Å². The normalized spacial score (nSPS) is 11.2. The van der Waals surface area contributed by atoms with Crippen molar-refractivity contribution in [3.8, 4) is 5.82 Å². The number of hydrogen-bond acceptors (Lipinski definition) is 4. The molecule has 0 bridgehead atoms. The number of halogens is 1. The van der Waals surface area contributed by atoms with Crippen molar-refractivity contribution in [2.45, 2.75) is 27.3 Å². The Balaban J connectivity index is 2.02. The van der Waals surface area contributed by atoms with E-state index in [-0.39, 0.29) is 0 Å². The summed E-state index contributed by atoms with van der Waals surface area (Å²) in [5.74, 6) is 1.30. The molecule has 0 fully saturated rings. The molecule has 0 saturated heterocycles. The van der Waals surface area contributed by atoms with E-state index in [0.29, 0.717) is 16.8 Å². The van der Waals surface area contributed by atoms with E-state index >= 15 is 0 Å². The second-order valence-corrected chi connectivity index (χ2v) is 5.30. The summed E-state index contributed by atoms with van der Waals surface area (Å²) in [5, 5.41) is 8.22. The summed E-state index contributed by atoms with van der Waals surface area (Å²) in [6, 6.07) is 0. The molecule has 0 unspecified atom stereocenters. The average molecular weight is 280 g/mol. The van der Waals surface area contributed by atoms with Gasteiger partial charge in [0.2, 0.25) is 0 Å². The SMILES string of the molecule is Cc1nn(-c2cnc(CNCC(C)C)cn2)cc1Cl. The van der Waals surface area contributed by atoms with Gasteiger partial charge in [0, 0.05) is 6.54 Å². The molecular formula is C13H18ClN5. The maximum atomic E-state index is 5.97. The minimum atomic E-state index is 0.626. The Morgan fingerprint density at radius 2 is 2.11 bits per heavy atom. The number of hydrogen-bond donors (Lipinski definition) is 1. The van der Waals surface area contributed by atoms with E-state index in [1.807, 2.05) is 6.92 Å². The quantitative estimate of drug-likeness (QED) is 0.913. The lowest BCUT2D eigenvalue weighted by Gasteiger charge is -2.07. The lowest BCUT2D eigenvalue weighted by molar-refractivity contribution is 0.547. The Kier molecular flexibility index (Phi) is 4.50. The lowest BCUT2D eigenvalue weighted by Crippen LogP contribution is -2.19. The summed E-state index contributed by atoms with van der Waals surface area (Å²) in [7, 11) is 0. The number of nitrogens with one attached hydrogen (secondary N) is 1. The lowest BCUT2D eigenvalue weighted by atomic mass is 10.2. The Morgan fingerprint density at radius 3 is 2.63 bits per heavy atom. The fraction of sp³-hybridized carbons (Fsp3) is 0.462. The third-order valence-electron chi connectivity index (χ3n) is 2.62. The van der Waals surface area contributed by atoms with Crippen molar-refractivity contribution < 1.29 is 0 Å². The molecule has 2 aromatic heterocycles. The fourth-order valence-electron chi connectivity index (χ4n) is 1.60. The van der Waals surface area contributed by atoms with Crippen LogP contribution in [0.15, 0.2) is 18.6 Å². The van der Waals surface area contributed by atoms with Crippen molar-refractivity contribution in [1.82, 2.24) is 25.1 Å². The Bertz CT molecular complexity index is 513. The molecule has 19 heavy (non-hydrogen) atoms. The maximum absolute atomic E-state index is 5.97.